The van der Waals surface area contributed by atoms with Crippen LogP contribution in [0.25, 0.3) is 0 Å². The number of hydroxylamine groups is 1. The third-order valence-corrected chi connectivity index (χ3v) is 13.6. The summed E-state index contributed by atoms with van der Waals surface area (Å²) in [5, 5.41) is 16.2. The Kier molecular flexibility index (Phi) is 17.6. The van der Waals surface area contributed by atoms with Crippen molar-refractivity contribution < 1.29 is 28.0 Å². The summed E-state index contributed by atoms with van der Waals surface area (Å²) in [6.07, 6.45) is 5.52. The highest BCUT2D eigenvalue weighted by molar-refractivity contribution is 8.03. The van der Waals surface area contributed by atoms with Crippen LogP contribution in [0.4, 0.5) is 5.82 Å². The third kappa shape index (κ3) is 11.3. The molecule has 5 aromatic rings. The lowest BCUT2D eigenvalue weighted by Crippen LogP contribution is -2.47. The fourth-order valence-corrected chi connectivity index (χ4v) is 8.69. The van der Waals surface area contributed by atoms with Crippen LogP contribution in [0, 0.1) is 11.3 Å². The average molecular weight is 984 g/mol. The van der Waals surface area contributed by atoms with Gasteiger partial charge in [-0.25, -0.2) is 10.0 Å². The lowest BCUT2D eigenvalue weighted by atomic mass is 9.53. The number of aromatic nitrogens is 2. The number of halogens is 4. The van der Waals surface area contributed by atoms with E-state index in [9.17, 15) is 9.47 Å². The van der Waals surface area contributed by atoms with Crippen LogP contribution in [-0.4, -0.2) is 72.0 Å². The molecule has 0 spiro atoms. The van der Waals surface area contributed by atoms with Crippen LogP contribution in [-0.2, 0) is 38.2 Å². The first-order valence-corrected chi connectivity index (χ1v) is 24.6. The number of alkyl halides is 2. The normalized spacial score (nSPS) is 14.3. The number of ether oxygens (including phenoxy) is 4. The molecule has 3 atom stereocenters. The Bertz CT molecular complexity index is 2610. The van der Waals surface area contributed by atoms with E-state index >= 15 is 0 Å². The zero-order chi connectivity index (χ0) is 47.5. The Morgan fingerprint density at radius 2 is 1.43 bits per heavy atom. The lowest BCUT2D eigenvalue weighted by molar-refractivity contribution is 0.180. The number of aryl methyl sites for hydroxylation is 1. The van der Waals surface area contributed by atoms with Crippen LogP contribution in [0.5, 0.6) is 23.0 Å². The minimum absolute atomic E-state index is 0.156. The molecular weight excluding hydrogens is 928 g/mol. The number of H-pyrrole nitrogens is 1. The van der Waals surface area contributed by atoms with Gasteiger partial charge < -0.3 is 29.2 Å². The molecule has 1 aromatic heterocycles. The first kappa shape index (κ1) is 51.0. The van der Waals surface area contributed by atoms with Crippen LogP contribution in [0.1, 0.15) is 66.8 Å². The molecule has 16 heteroatoms. The molecule has 346 valence electrons. The number of hydrogen-bond donors (Lipinski definition) is 2. The number of nitrogens with zero attached hydrogens (tertiary/aromatic N) is 3. The minimum atomic E-state index is -2.53. The van der Waals surface area contributed by atoms with Crippen molar-refractivity contribution in [1.82, 2.24) is 15.3 Å². The van der Waals surface area contributed by atoms with Gasteiger partial charge in [-0.3, -0.25) is 9.05 Å². The van der Waals surface area contributed by atoms with Gasteiger partial charge in [0.25, 0.3) is 0 Å². The van der Waals surface area contributed by atoms with Crippen molar-refractivity contribution >= 4 is 67.6 Å². The van der Waals surface area contributed by atoms with E-state index in [4.69, 9.17) is 70.2 Å². The van der Waals surface area contributed by atoms with E-state index in [2.05, 4.69) is 53.7 Å². The van der Waals surface area contributed by atoms with Gasteiger partial charge in [0.1, 0.15) is 49.7 Å². The Morgan fingerprint density at radius 3 is 1.92 bits per heavy atom. The number of imidazole rings is 1. The van der Waals surface area contributed by atoms with Crippen molar-refractivity contribution in [3.63, 3.8) is 0 Å². The van der Waals surface area contributed by atoms with E-state index < -0.39 is 20.4 Å². The second kappa shape index (κ2) is 22.5. The molecule has 5 rings (SSSR count). The largest absolute Gasteiger partial charge is 0.491 e. The van der Waals surface area contributed by atoms with Gasteiger partial charge in [0.05, 0.1) is 51.5 Å². The van der Waals surface area contributed by atoms with Crippen LogP contribution in [0.3, 0.4) is 0 Å². The van der Waals surface area contributed by atoms with Crippen LogP contribution in [0.2, 0.25) is 10.0 Å². The van der Waals surface area contributed by atoms with Crippen LogP contribution < -0.4 is 29.3 Å². The summed E-state index contributed by atoms with van der Waals surface area (Å²) in [4.78, 5) is 12.8. The molecule has 0 aliphatic heterocycles. The lowest BCUT2D eigenvalue weighted by Gasteiger charge is -2.49. The second-order valence-corrected chi connectivity index (χ2v) is 19.5. The molecule has 1 heterocycles. The predicted molar refractivity (Wildman–Crippen MR) is 266 cm³/mol. The Balaban J connectivity index is 1.73. The minimum Gasteiger partial charge on any atom is -0.491 e. The van der Waals surface area contributed by atoms with Gasteiger partial charge in [-0.2, -0.15) is 5.26 Å². The highest BCUT2D eigenvalue weighted by atomic mass is 35.5. The topological polar surface area (TPSA) is 131 Å². The summed E-state index contributed by atoms with van der Waals surface area (Å²) in [5.74, 6) is 6.83. The van der Waals surface area contributed by atoms with Gasteiger partial charge in [-0.1, -0.05) is 87.0 Å². The van der Waals surface area contributed by atoms with E-state index in [1.165, 1.54) is 6.26 Å². The zero-order valence-electron chi connectivity index (χ0n) is 37.7. The van der Waals surface area contributed by atoms with Gasteiger partial charge in [0, 0.05) is 39.4 Å². The smallest absolute Gasteiger partial charge is 0.176 e. The molecule has 65 heavy (non-hydrogen) atoms. The fourth-order valence-electron chi connectivity index (χ4n) is 7.59. The predicted octanol–water partition coefficient (Wildman–Crippen LogP) is 11.0. The molecule has 0 amide bonds. The SMILES string of the molecule is C=C(N/C(=C\C)COc1ccc(C(C)(c2cc(C#N)c(OCCCl)c(CC)c2)C(C)(c2ccc(OCc3[nH]cnc3N(C)OC)cc2)c2cc(Cl)c(OCCCl)c(Cl)c2)cc1)S(=C)(C)=O. The van der Waals surface area contributed by atoms with E-state index in [-0.39, 0.29) is 38.2 Å². The number of hydrogen-bond acceptors (Lipinski definition) is 10. The molecule has 0 fully saturated rings. The van der Waals surface area contributed by atoms with Gasteiger partial charge in [-0.15, -0.1) is 23.2 Å². The van der Waals surface area contributed by atoms with Gasteiger partial charge in [0.15, 0.2) is 11.6 Å². The highest BCUT2D eigenvalue weighted by Gasteiger charge is 2.50. The molecule has 0 saturated carbocycles. The summed E-state index contributed by atoms with van der Waals surface area (Å²) in [6.45, 7) is 12.8. The number of nitriles is 1. The molecule has 0 radical (unpaired) electrons. The maximum atomic E-state index is 12.5. The number of benzene rings is 4. The van der Waals surface area contributed by atoms with E-state index in [0.717, 1.165) is 33.5 Å². The van der Waals surface area contributed by atoms with Crippen LogP contribution >= 0.6 is 46.4 Å². The summed E-state index contributed by atoms with van der Waals surface area (Å²) in [6, 6.07) is 25.8. The van der Waals surface area contributed by atoms with Crippen molar-refractivity contribution in [1.29, 1.82) is 5.26 Å². The van der Waals surface area contributed by atoms with Crippen molar-refractivity contribution in [3.05, 3.63) is 152 Å². The van der Waals surface area contributed by atoms with Crippen molar-refractivity contribution in [3.8, 4) is 29.1 Å². The van der Waals surface area contributed by atoms with Gasteiger partial charge >= 0.3 is 0 Å². The average Bonchev–Trinajstić information content (AvgIpc) is 3.78. The summed E-state index contributed by atoms with van der Waals surface area (Å²) >= 11 is 26.2. The standard InChI is InChI=1S/C49H55Cl4N5O6S/c1-10-33-24-37(25-34(28-54)45(33)61-22-20-50)48(4,35-12-16-40(17-13-35)63-29-39(11-2)57-32(3)65(8,9)59)49(5,38-26-42(52)46(43(53)27-38)62-23-21-51)36-14-18-41(19-15-36)64-30-44-47(56-31-55-44)58(6)60-7/h11-19,24-27,31,57H,3,8,10,20-23,29-30H2,1-2,4-7,9H3,(H,55,56)/b39-11-. The number of anilines is 1. The molecule has 0 saturated heterocycles. The van der Waals surface area contributed by atoms with E-state index in [1.54, 1.807) is 25.5 Å². The molecular formula is C49H55Cl4N5O6S. The quantitative estimate of drug-likeness (QED) is 0.0370. The Hall–Kier alpha value is -5.00. The summed E-state index contributed by atoms with van der Waals surface area (Å²) in [5.41, 5.74) is 3.92. The van der Waals surface area contributed by atoms with Crippen molar-refractivity contribution in [2.75, 3.05) is 57.1 Å². The molecule has 0 aliphatic carbocycles. The summed E-state index contributed by atoms with van der Waals surface area (Å²) < 4.78 is 37.1. The van der Waals surface area contributed by atoms with Crippen LogP contribution in [0.15, 0.2) is 103 Å². The zero-order valence-corrected chi connectivity index (χ0v) is 41.5. The fraction of sp³-hybridized carbons (Fsp3) is 0.327. The Labute approximate surface area is 403 Å². The molecule has 2 N–H and O–H groups in total. The monoisotopic (exact) mass is 981 g/mol. The number of aromatic amines is 1. The summed E-state index contributed by atoms with van der Waals surface area (Å²) in [7, 11) is 0.796. The molecule has 3 unspecified atom stereocenters. The number of rotatable bonds is 23. The maximum Gasteiger partial charge on any atom is 0.176 e. The number of nitrogens with one attached hydrogen (secondary N) is 2. The molecule has 0 bridgehead atoms. The highest BCUT2D eigenvalue weighted by Crippen LogP contribution is 2.55. The van der Waals surface area contributed by atoms with Crippen molar-refractivity contribution in [2.24, 2.45) is 0 Å². The first-order chi connectivity index (χ1) is 31.0. The molecule has 11 nitrogen and oxygen atoms in total. The third-order valence-electron chi connectivity index (χ3n) is 11.5. The van der Waals surface area contributed by atoms with E-state index in [0.29, 0.717) is 61.6 Å². The Morgan fingerprint density at radius 1 is 0.892 bits per heavy atom. The second-order valence-electron chi connectivity index (χ2n) is 15.4. The molecule has 0 aliphatic rings. The van der Waals surface area contributed by atoms with Gasteiger partial charge in [-0.05, 0) is 89.5 Å². The first-order valence-electron chi connectivity index (χ1n) is 20.6. The number of allylic oxidation sites excluding steroid dienone is 1. The van der Waals surface area contributed by atoms with E-state index in [1.807, 2.05) is 86.7 Å². The molecule has 4 aromatic carbocycles. The maximum absolute atomic E-state index is 12.5. The van der Waals surface area contributed by atoms with Gasteiger partial charge in [0.2, 0.25) is 0 Å². The van der Waals surface area contributed by atoms with Crippen molar-refractivity contribution in [2.45, 2.75) is 51.6 Å².